The Morgan fingerprint density at radius 2 is 1.72 bits per heavy atom. The Kier molecular flexibility index (Phi) is 9.37. The zero-order chi connectivity index (χ0) is 33.5. The van der Waals surface area contributed by atoms with Crippen molar-refractivity contribution in [2.24, 2.45) is 0 Å². The van der Waals surface area contributed by atoms with Gasteiger partial charge in [0.15, 0.2) is 0 Å². The molecule has 1 atom stereocenters. The topological polar surface area (TPSA) is 155 Å². The van der Waals surface area contributed by atoms with E-state index in [0.29, 0.717) is 51.1 Å². The fraction of sp³-hybridized carbons (Fsp3) is 0.226. The first kappa shape index (κ1) is 33.3. The number of para-hydroxylation sites is 1. The van der Waals surface area contributed by atoms with Crippen LogP contribution in [0, 0.1) is 6.92 Å². The Balaban J connectivity index is 1.32. The third kappa shape index (κ3) is 6.57. The number of halogens is 3. The van der Waals surface area contributed by atoms with Crippen molar-refractivity contribution in [2.75, 3.05) is 19.3 Å². The number of carboxylic acids is 1. The summed E-state index contributed by atoms with van der Waals surface area (Å²) in [5.41, 5.74) is 2.54. The zero-order valence-corrected chi connectivity index (χ0v) is 27.5. The van der Waals surface area contributed by atoms with Gasteiger partial charge in [-0.2, -0.15) is 0 Å². The summed E-state index contributed by atoms with van der Waals surface area (Å²) in [5.74, 6) is -3.26. The molecular weight excluding hydrogens is 679 g/mol. The van der Waals surface area contributed by atoms with Gasteiger partial charge in [0.25, 0.3) is 17.7 Å². The number of aliphatic carboxylic acids is 1. The molecule has 0 saturated heterocycles. The highest BCUT2D eigenvalue weighted by molar-refractivity contribution is 7.89. The van der Waals surface area contributed by atoms with Crippen LogP contribution in [0.3, 0.4) is 0 Å². The molecule has 0 saturated carbocycles. The largest absolute Gasteiger partial charge is 0.480 e. The highest BCUT2D eigenvalue weighted by Gasteiger charge is 2.30. The number of fused-ring (bicyclic) bond motifs is 2. The lowest BCUT2D eigenvalue weighted by atomic mass is 9.96. The van der Waals surface area contributed by atoms with Crippen LogP contribution in [0.4, 0.5) is 0 Å². The molecule has 1 aliphatic rings. The fourth-order valence-electron chi connectivity index (χ4n) is 5.39. The van der Waals surface area contributed by atoms with E-state index in [0.717, 1.165) is 10.2 Å². The molecule has 240 valence electrons. The third-order valence-corrected chi connectivity index (χ3v) is 9.65. The van der Waals surface area contributed by atoms with Crippen LogP contribution in [0.25, 0.3) is 10.9 Å². The van der Waals surface area contributed by atoms with Gasteiger partial charge in [-0.3, -0.25) is 14.4 Å². The molecule has 1 aromatic heterocycles. The summed E-state index contributed by atoms with van der Waals surface area (Å²) in [6.45, 7) is 1.68. The van der Waals surface area contributed by atoms with Crippen LogP contribution >= 0.6 is 34.8 Å². The van der Waals surface area contributed by atoms with E-state index in [9.17, 15) is 32.7 Å². The molecule has 0 spiro atoms. The molecule has 0 bridgehead atoms. The molecule has 4 aromatic rings. The highest BCUT2D eigenvalue weighted by Crippen LogP contribution is 2.35. The van der Waals surface area contributed by atoms with E-state index in [2.05, 4.69) is 10.6 Å². The molecule has 2 heterocycles. The highest BCUT2D eigenvalue weighted by atomic mass is 35.5. The standard InChI is InChI=1S/C31H27Cl3N4O7S/c1-16-4-3-5-21-22(15-38(27(16)21)46(2,44)45)28(39)35-13-24(31(42)43)36-29(40)25-23(33)12-18-14-37(11-10-20(18)26(25)34)30(41)17-6-8-19(32)9-7-17/h3-9,12,15,24H,10-11,13-14H2,1-2H3,(H,35,39)(H,36,40)(H,42,43)/t24-/m0/s1. The van der Waals surface area contributed by atoms with Gasteiger partial charge in [-0.15, -0.1) is 0 Å². The number of hydrogen-bond acceptors (Lipinski definition) is 6. The van der Waals surface area contributed by atoms with Gasteiger partial charge in [0, 0.05) is 41.8 Å². The van der Waals surface area contributed by atoms with Crippen molar-refractivity contribution in [1.82, 2.24) is 19.5 Å². The Bertz CT molecular complexity index is 2030. The van der Waals surface area contributed by atoms with Crippen molar-refractivity contribution in [3.8, 4) is 0 Å². The number of benzene rings is 3. The minimum atomic E-state index is -3.76. The summed E-state index contributed by atoms with van der Waals surface area (Å²) in [5, 5.41) is 15.5. The van der Waals surface area contributed by atoms with Crippen LogP contribution in [-0.4, -0.2) is 71.5 Å². The van der Waals surface area contributed by atoms with E-state index < -0.39 is 40.4 Å². The second kappa shape index (κ2) is 13.0. The zero-order valence-electron chi connectivity index (χ0n) is 24.4. The molecule has 0 fully saturated rings. The number of nitrogens with zero attached hydrogens (tertiary/aromatic N) is 2. The average Bonchev–Trinajstić information content (AvgIpc) is 3.41. The molecule has 3 amide bonds. The van der Waals surface area contributed by atoms with Gasteiger partial charge >= 0.3 is 5.97 Å². The van der Waals surface area contributed by atoms with Crippen molar-refractivity contribution >= 4 is 79.4 Å². The van der Waals surface area contributed by atoms with E-state index in [4.69, 9.17) is 34.8 Å². The summed E-state index contributed by atoms with van der Waals surface area (Å²) in [7, 11) is -3.76. The Hall–Kier alpha value is -4.10. The quantitative estimate of drug-likeness (QED) is 0.243. The van der Waals surface area contributed by atoms with Gasteiger partial charge in [0.1, 0.15) is 6.04 Å². The Morgan fingerprint density at radius 3 is 2.37 bits per heavy atom. The first-order valence-electron chi connectivity index (χ1n) is 13.8. The van der Waals surface area contributed by atoms with Crippen LogP contribution in [0.5, 0.6) is 0 Å². The lowest BCUT2D eigenvalue weighted by Gasteiger charge is -2.30. The average molecular weight is 706 g/mol. The molecule has 0 aliphatic carbocycles. The summed E-state index contributed by atoms with van der Waals surface area (Å²) in [4.78, 5) is 53.2. The lowest BCUT2D eigenvalue weighted by Crippen LogP contribution is -2.48. The third-order valence-electron chi connectivity index (χ3n) is 7.68. The molecule has 0 unspecified atom stereocenters. The van der Waals surface area contributed by atoms with Crippen molar-refractivity contribution in [1.29, 1.82) is 0 Å². The number of aromatic nitrogens is 1. The molecule has 11 nitrogen and oxygen atoms in total. The predicted molar refractivity (Wildman–Crippen MR) is 174 cm³/mol. The number of hydrogen-bond donors (Lipinski definition) is 3. The van der Waals surface area contributed by atoms with Crippen LogP contribution < -0.4 is 10.6 Å². The van der Waals surface area contributed by atoms with Crippen LogP contribution in [0.2, 0.25) is 15.1 Å². The molecule has 46 heavy (non-hydrogen) atoms. The lowest BCUT2D eigenvalue weighted by molar-refractivity contribution is -0.139. The SMILES string of the molecule is Cc1cccc2c(C(=O)NC[C@H](NC(=O)c3c(Cl)cc4c(c3Cl)CCN(C(=O)c3ccc(Cl)cc3)C4)C(=O)O)cn(S(C)(=O)=O)c12. The second-order valence-electron chi connectivity index (χ2n) is 10.8. The second-order valence-corrected chi connectivity index (χ2v) is 13.9. The minimum Gasteiger partial charge on any atom is -0.480 e. The first-order chi connectivity index (χ1) is 21.7. The van der Waals surface area contributed by atoms with Crippen LogP contribution in [-0.2, 0) is 27.8 Å². The number of aryl methyl sites for hydroxylation is 1. The van der Waals surface area contributed by atoms with Gasteiger partial charge < -0.3 is 20.6 Å². The molecular formula is C31H27Cl3N4O7S. The molecule has 3 N–H and O–H groups in total. The first-order valence-corrected chi connectivity index (χ1v) is 16.8. The summed E-state index contributed by atoms with van der Waals surface area (Å²) < 4.78 is 25.7. The number of rotatable bonds is 8. The normalized spacial score (nSPS) is 13.6. The van der Waals surface area contributed by atoms with Gasteiger partial charge in [0.2, 0.25) is 10.0 Å². The maximum absolute atomic E-state index is 13.3. The van der Waals surface area contributed by atoms with Crippen molar-refractivity contribution in [3.05, 3.63) is 103 Å². The van der Waals surface area contributed by atoms with Crippen molar-refractivity contribution in [3.63, 3.8) is 0 Å². The number of carbonyl (C=O) groups excluding carboxylic acids is 3. The van der Waals surface area contributed by atoms with E-state index in [1.165, 1.54) is 12.3 Å². The fourth-order valence-corrected chi connectivity index (χ4v) is 7.15. The van der Waals surface area contributed by atoms with E-state index in [-0.39, 0.29) is 33.6 Å². The van der Waals surface area contributed by atoms with Crippen molar-refractivity contribution < 1.29 is 32.7 Å². The smallest absolute Gasteiger partial charge is 0.328 e. The summed E-state index contributed by atoms with van der Waals surface area (Å²) >= 11 is 19.0. The Morgan fingerprint density at radius 1 is 1.02 bits per heavy atom. The molecule has 3 aromatic carbocycles. The van der Waals surface area contributed by atoms with Gasteiger partial charge in [-0.05, 0) is 60.4 Å². The van der Waals surface area contributed by atoms with Gasteiger partial charge in [-0.1, -0.05) is 53.0 Å². The van der Waals surface area contributed by atoms with Crippen LogP contribution in [0.15, 0.2) is 54.7 Å². The van der Waals surface area contributed by atoms with E-state index in [1.807, 2.05) is 0 Å². The molecule has 1 aliphatic heterocycles. The maximum atomic E-state index is 13.3. The molecule has 5 rings (SSSR count). The number of carboxylic acid groups (broad SMARTS) is 1. The monoisotopic (exact) mass is 704 g/mol. The van der Waals surface area contributed by atoms with Crippen LogP contribution in [0.1, 0.15) is 47.8 Å². The van der Waals surface area contributed by atoms with E-state index >= 15 is 0 Å². The Labute approximate surface area is 279 Å². The molecule has 15 heteroatoms. The minimum absolute atomic E-state index is 0.0176. The number of carbonyl (C=O) groups is 4. The predicted octanol–water partition coefficient (Wildman–Crippen LogP) is 4.53. The summed E-state index contributed by atoms with van der Waals surface area (Å²) in [6.07, 6.45) is 2.50. The van der Waals surface area contributed by atoms with Crippen molar-refractivity contribution in [2.45, 2.75) is 25.9 Å². The van der Waals surface area contributed by atoms with Gasteiger partial charge in [-0.25, -0.2) is 17.2 Å². The summed E-state index contributed by atoms with van der Waals surface area (Å²) in [6, 6.07) is 11.4. The maximum Gasteiger partial charge on any atom is 0.328 e. The van der Waals surface area contributed by atoms with E-state index in [1.54, 1.807) is 54.3 Å². The van der Waals surface area contributed by atoms with Gasteiger partial charge in [0.05, 0.1) is 32.9 Å². The molecule has 0 radical (unpaired) electrons. The number of nitrogens with one attached hydrogen (secondary N) is 2. The number of amides is 3.